The molecular weight excluding hydrogens is 359 g/mol. The van der Waals surface area contributed by atoms with E-state index in [0.29, 0.717) is 17.4 Å². The van der Waals surface area contributed by atoms with E-state index >= 15 is 0 Å². The van der Waals surface area contributed by atoms with E-state index < -0.39 is 11.6 Å². The summed E-state index contributed by atoms with van der Waals surface area (Å²) >= 11 is 1.11. The Morgan fingerprint density at radius 1 is 1.44 bits per heavy atom. The van der Waals surface area contributed by atoms with E-state index in [1.54, 1.807) is 13.0 Å². The predicted octanol–water partition coefficient (Wildman–Crippen LogP) is 2.34. The number of carbonyl (C=O) groups excluding carboxylic acids is 1. The molecule has 0 aliphatic rings. The molecule has 1 N–H and O–H groups in total. The summed E-state index contributed by atoms with van der Waals surface area (Å²) in [5, 5.41) is 13.7. The molecule has 7 nitrogen and oxygen atoms in total. The average Bonchev–Trinajstić information content (AvgIpc) is 2.99. The Kier molecular flexibility index (Phi) is 6.02. The molecule has 1 amide bonds. The van der Waals surface area contributed by atoms with Gasteiger partial charge in [-0.25, -0.2) is 0 Å². The molecule has 0 spiro atoms. The first-order chi connectivity index (χ1) is 11.8. The van der Waals surface area contributed by atoms with E-state index in [0.717, 1.165) is 23.9 Å². The fourth-order valence-corrected chi connectivity index (χ4v) is 2.56. The van der Waals surface area contributed by atoms with Gasteiger partial charge in [-0.05, 0) is 41.6 Å². The van der Waals surface area contributed by atoms with E-state index in [2.05, 4.69) is 32.2 Å². The summed E-state index contributed by atoms with van der Waals surface area (Å²) in [6, 6.07) is 5.06. The first-order valence-electron chi connectivity index (χ1n) is 7.00. The van der Waals surface area contributed by atoms with Crippen LogP contribution in [0.15, 0.2) is 42.1 Å². The quantitative estimate of drug-likeness (QED) is 0.593. The van der Waals surface area contributed by atoms with Crippen LogP contribution in [0.4, 0.5) is 13.2 Å². The first kappa shape index (κ1) is 18.8. The number of tetrazole rings is 1. The Hall–Kier alpha value is -2.56. The maximum absolute atomic E-state index is 12.2. The van der Waals surface area contributed by atoms with Gasteiger partial charge >= 0.3 is 6.36 Å². The van der Waals surface area contributed by atoms with Crippen molar-refractivity contribution in [1.82, 2.24) is 25.5 Å². The molecular formula is C14H14F3N5O2S. The predicted molar refractivity (Wildman–Crippen MR) is 84.4 cm³/mol. The zero-order chi connectivity index (χ0) is 18.4. The molecule has 1 heterocycles. The second-order valence-electron chi connectivity index (χ2n) is 4.71. The summed E-state index contributed by atoms with van der Waals surface area (Å²) in [5.41, 5.74) is 0.431. The SMILES string of the molecule is C=CCNC(=O)C(C)Sc1nnnn1-c1ccc(OC(F)(F)F)cc1. The lowest BCUT2D eigenvalue weighted by atomic mass is 10.3. The Morgan fingerprint density at radius 3 is 2.72 bits per heavy atom. The number of ether oxygens (including phenoxy) is 1. The van der Waals surface area contributed by atoms with Crippen molar-refractivity contribution in [3.8, 4) is 11.4 Å². The van der Waals surface area contributed by atoms with Crippen molar-refractivity contribution >= 4 is 17.7 Å². The molecule has 25 heavy (non-hydrogen) atoms. The number of carbonyl (C=O) groups is 1. The van der Waals surface area contributed by atoms with Crippen molar-refractivity contribution in [3.63, 3.8) is 0 Å². The molecule has 0 saturated carbocycles. The van der Waals surface area contributed by atoms with Gasteiger partial charge in [0.2, 0.25) is 11.1 Å². The summed E-state index contributed by atoms with van der Waals surface area (Å²) in [6.07, 6.45) is -3.20. The molecule has 0 fully saturated rings. The molecule has 1 aromatic heterocycles. The minimum absolute atomic E-state index is 0.214. The number of benzene rings is 1. The number of halogens is 3. The van der Waals surface area contributed by atoms with Crippen molar-refractivity contribution in [2.45, 2.75) is 23.7 Å². The van der Waals surface area contributed by atoms with E-state index in [1.807, 2.05) is 0 Å². The summed E-state index contributed by atoms with van der Waals surface area (Å²) in [4.78, 5) is 11.9. The summed E-state index contributed by atoms with van der Waals surface area (Å²) in [5.74, 6) is -0.566. The fourth-order valence-electron chi connectivity index (χ4n) is 1.73. The second kappa shape index (κ2) is 8.01. The fraction of sp³-hybridized carbons (Fsp3) is 0.286. The minimum Gasteiger partial charge on any atom is -0.406 e. The Bertz CT molecular complexity index is 733. The molecule has 2 rings (SSSR count). The van der Waals surface area contributed by atoms with E-state index in [-0.39, 0.29) is 11.7 Å². The van der Waals surface area contributed by atoms with Gasteiger partial charge in [-0.15, -0.1) is 24.8 Å². The monoisotopic (exact) mass is 373 g/mol. The first-order valence-corrected chi connectivity index (χ1v) is 7.88. The van der Waals surface area contributed by atoms with Crippen LogP contribution >= 0.6 is 11.8 Å². The van der Waals surface area contributed by atoms with Crippen LogP contribution in [0.5, 0.6) is 5.75 Å². The van der Waals surface area contributed by atoms with Crippen LogP contribution in [-0.2, 0) is 4.79 Å². The number of nitrogens with one attached hydrogen (secondary N) is 1. The highest BCUT2D eigenvalue weighted by Crippen LogP contribution is 2.26. The van der Waals surface area contributed by atoms with E-state index in [4.69, 9.17) is 0 Å². The lowest BCUT2D eigenvalue weighted by Gasteiger charge is -2.11. The molecule has 2 aromatic rings. The minimum atomic E-state index is -4.76. The van der Waals surface area contributed by atoms with Crippen molar-refractivity contribution in [2.75, 3.05) is 6.54 Å². The van der Waals surface area contributed by atoms with Crippen LogP contribution in [0.1, 0.15) is 6.92 Å². The van der Waals surface area contributed by atoms with Gasteiger partial charge in [0.05, 0.1) is 10.9 Å². The molecule has 134 valence electrons. The number of hydrogen-bond acceptors (Lipinski definition) is 6. The van der Waals surface area contributed by atoms with Crippen LogP contribution < -0.4 is 10.1 Å². The lowest BCUT2D eigenvalue weighted by molar-refractivity contribution is -0.274. The molecule has 1 unspecified atom stereocenters. The number of amides is 1. The topological polar surface area (TPSA) is 81.9 Å². The van der Waals surface area contributed by atoms with Crippen LogP contribution in [-0.4, -0.2) is 44.3 Å². The lowest BCUT2D eigenvalue weighted by Crippen LogP contribution is -2.31. The van der Waals surface area contributed by atoms with Crippen molar-refractivity contribution in [1.29, 1.82) is 0 Å². The number of alkyl halides is 3. The average molecular weight is 373 g/mol. The summed E-state index contributed by atoms with van der Waals surface area (Å²) in [7, 11) is 0. The standard InChI is InChI=1S/C14H14F3N5O2S/c1-3-8-18-12(23)9(2)25-13-19-20-21-22(13)10-4-6-11(7-5-10)24-14(15,16)17/h3-7,9H,1,8H2,2H3,(H,18,23). The van der Waals surface area contributed by atoms with Crippen molar-refractivity contribution in [3.05, 3.63) is 36.9 Å². The smallest absolute Gasteiger partial charge is 0.406 e. The Morgan fingerprint density at radius 2 is 2.12 bits per heavy atom. The van der Waals surface area contributed by atoms with Crippen molar-refractivity contribution < 1.29 is 22.7 Å². The number of nitrogens with zero attached hydrogens (tertiary/aromatic N) is 4. The molecule has 0 aliphatic heterocycles. The summed E-state index contributed by atoms with van der Waals surface area (Å²) in [6.45, 7) is 5.54. The van der Waals surface area contributed by atoms with E-state index in [1.165, 1.54) is 16.8 Å². The van der Waals surface area contributed by atoms with Gasteiger partial charge in [0.1, 0.15) is 5.75 Å². The van der Waals surface area contributed by atoms with Gasteiger partial charge in [-0.3, -0.25) is 4.79 Å². The van der Waals surface area contributed by atoms with Gasteiger partial charge in [-0.2, -0.15) is 4.68 Å². The van der Waals surface area contributed by atoms with Gasteiger partial charge in [0.15, 0.2) is 0 Å². The summed E-state index contributed by atoms with van der Waals surface area (Å²) < 4.78 is 41.7. The van der Waals surface area contributed by atoms with Crippen LogP contribution in [0.2, 0.25) is 0 Å². The number of rotatable bonds is 7. The van der Waals surface area contributed by atoms with E-state index in [9.17, 15) is 18.0 Å². The van der Waals surface area contributed by atoms with Crippen LogP contribution in [0.3, 0.4) is 0 Å². The molecule has 11 heteroatoms. The Labute approximate surface area is 145 Å². The second-order valence-corrected chi connectivity index (χ2v) is 6.02. The highest BCUT2D eigenvalue weighted by atomic mass is 32.2. The normalized spacial score (nSPS) is 12.5. The molecule has 1 aromatic carbocycles. The molecule has 0 bridgehead atoms. The third kappa shape index (κ3) is 5.48. The third-order valence-corrected chi connectivity index (χ3v) is 3.86. The van der Waals surface area contributed by atoms with Gasteiger partial charge in [-0.1, -0.05) is 17.8 Å². The maximum atomic E-state index is 12.2. The number of thioether (sulfide) groups is 1. The zero-order valence-electron chi connectivity index (χ0n) is 13.0. The van der Waals surface area contributed by atoms with Gasteiger partial charge in [0, 0.05) is 6.54 Å². The zero-order valence-corrected chi connectivity index (χ0v) is 13.8. The molecule has 0 radical (unpaired) electrons. The van der Waals surface area contributed by atoms with Crippen LogP contribution in [0.25, 0.3) is 5.69 Å². The highest BCUT2D eigenvalue weighted by molar-refractivity contribution is 8.00. The van der Waals surface area contributed by atoms with Gasteiger partial charge in [0.25, 0.3) is 0 Å². The highest BCUT2D eigenvalue weighted by Gasteiger charge is 2.31. The number of aromatic nitrogens is 4. The Balaban J connectivity index is 2.10. The molecule has 0 aliphatic carbocycles. The number of hydrogen-bond donors (Lipinski definition) is 1. The van der Waals surface area contributed by atoms with Crippen LogP contribution in [0, 0.1) is 0 Å². The molecule has 0 saturated heterocycles. The largest absolute Gasteiger partial charge is 0.573 e. The van der Waals surface area contributed by atoms with Gasteiger partial charge < -0.3 is 10.1 Å². The maximum Gasteiger partial charge on any atom is 0.573 e. The third-order valence-electron chi connectivity index (χ3n) is 2.83. The molecule has 1 atom stereocenters. The van der Waals surface area contributed by atoms with Crippen molar-refractivity contribution in [2.24, 2.45) is 0 Å².